The monoisotopic (exact) mass is 479 g/mol. The number of likely N-dealkylation sites (tertiary alicyclic amines) is 1. The van der Waals surface area contributed by atoms with Crippen LogP contribution in [-0.2, 0) is 9.22 Å². The van der Waals surface area contributed by atoms with Gasteiger partial charge in [-0.3, -0.25) is 14.5 Å². The zero-order valence-corrected chi connectivity index (χ0v) is 22.2. The minimum Gasteiger partial charge on any atom is -0.489 e. The van der Waals surface area contributed by atoms with Gasteiger partial charge in [0, 0.05) is 11.1 Å². The van der Waals surface area contributed by atoms with Crippen molar-refractivity contribution in [2.45, 2.75) is 70.3 Å². The summed E-state index contributed by atoms with van der Waals surface area (Å²) in [6, 6.07) is 15.9. The number of hydrogen-bond acceptors (Lipinski definition) is 4. The quantitative estimate of drug-likeness (QED) is 0.168. The average Bonchev–Trinajstić information content (AvgIpc) is 2.81. The maximum atomic E-state index is 13.6. The van der Waals surface area contributed by atoms with Crippen LogP contribution in [0.5, 0.6) is 5.75 Å². The van der Waals surface area contributed by atoms with Crippen LogP contribution in [0.15, 0.2) is 67.3 Å². The third kappa shape index (κ3) is 4.61. The first-order chi connectivity index (χ1) is 16.2. The molecular formula is C28H37NO4Si. The van der Waals surface area contributed by atoms with E-state index in [2.05, 4.69) is 48.1 Å². The Labute approximate surface area is 204 Å². The Hall–Kier alpha value is -2.70. The lowest BCUT2D eigenvalue weighted by molar-refractivity contribution is -0.159. The minimum atomic E-state index is -2.38. The molecule has 0 bridgehead atoms. The molecule has 2 aromatic carbocycles. The molecule has 1 aliphatic rings. The topological polar surface area (TPSA) is 55.8 Å². The molecule has 34 heavy (non-hydrogen) atoms. The first-order valence-electron chi connectivity index (χ1n) is 12.1. The van der Waals surface area contributed by atoms with Gasteiger partial charge in [0.1, 0.15) is 18.4 Å². The Morgan fingerprint density at radius 3 is 2.09 bits per heavy atom. The molecule has 0 radical (unpaired) electrons. The van der Waals surface area contributed by atoms with Crippen molar-refractivity contribution in [3.05, 3.63) is 78.4 Å². The van der Waals surface area contributed by atoms with Gasteiger partial charge in [-0.25, -0.2) is 0 Å². The Morgan fingerprint density at radius 1 is 0.971 bits per heavy atom. The van der Waals surface area contributed by atoms with Crippen LogP contribution in [0.1, 0.15) is 63.5 Å². The summed E-state index contributed by atoms with van der Waals surface area (Å²) in [6.07, 6.45) is 0.956. The Balaban J connectivity index is 2.09. The molecule has 2 atom stereocenters. The average molecular weight is 480 g/mol. The summed E-state index contributed by atoms with van der Waals surface area (Å²) < 4.78 is 12.9. The first kappa shape index (κ1) is 25.9. The first-order valence-corrected chi connectivity index (χ1v) is 14.2. The normalized spacial score (nSPS) is 18.4. The number of β-lactam (4-membered cyclic amide) rings is 1. The third-order valence-corrected chi connectivity index (χ3v) is 13.0. The zero-order chi connectivity index (χ0) is 25.0. The van der Waals surface area contributed by atoms with Crippen LogP contribution in [-0.4, -0.2) is 37.7 Å². The van der Waals surface area contributed by atoms with Crippen LogP contribution in [0.2, 0.25) is 16.6 Å². The SMILES string of the molecule is C=CCOc1ccccc1[C@H]1[C@H](O[Si](C(C)C)(C(C)C)C(C)C)C(=O)N1C(=O)c1ccccc1. The van der Waals surface area contributed by atoms with E-state index in [1.807, 2.05) is 30.3 Å². The summed E-state index contributed by atoms with van der Waals surface area (Å²) in [5.41, 5.74) is 2.19. The second kappa shape index (κ2) is 10.7. The number of nitrogens with zero attached hydrogens (tertiary/aromatic N) is 1. The van der Waals surface area contributed by atoms with E-state index in [9.17, 15) is 9.59 Å². The highest BCUT2D eigenvalue weighted by Gasteiger charge is 2.58. The van der Waals surface area contributed by atoms with Gasteiger partial charge in [-0.2, -0.15) is 0 Å². The van der Waals surface area contributed by atoms with Gasteiger partial charge in [-0.05, 0) is 34.8 Å². The van der Waals surface area contributed by atoms with Gasteiger partial charge in [0.25, 0.3) is 11.8 Å². The van der Waals surface area contributed by atoms with Crippen molar-refractivity contribution in [2.24, 2.45) is 0 Å². The Morgan fingerprint density at radius 2 is 1.53 bits per heavy atom. The molecule has 3 rings (SSSR count). The van der Waals surface area contributed by atoms with E-state index >= 15 is 0 Å². The Bertz CT molecular complexity index is 996. The van der Waals surface area contributed by atoms with Crippen molar-refractivity contribution < 1.29 is 18.8 Å². The number of hydrogen-bond donors (Lipinski definition) is 0. The van der Waals surface area contributed by atoms with Crippen molar-refractivity contribution in [1.82, 2.24) is 4.90 Å². The second-order valence-electron chi connectivity index (χ2n) is 9.82. The van der Waals surface area contributed by atoms with Gasteiger partial charge in [-0.15, -0.1) is 0 Å². The maximum absolute atomic E-state index is 13.6. The van der Waals surface area contributed by atoms with E-state index in [-0.39, 0.29) is 11.8 Å². The molecule has 1 aliphatic heterocycles. The van der Waals surface area contributed by atoms with E-state index in [4.69, 9.17) is 9.16 Å². The fraction of sp³-hybridized carbons (Fsp3) is 0.429. The standard InChI is InChI=1S/C28H37NO4Si/c1-8-18-32-24-17-13-12-16-23(24)25-26(33-34(19(2)3,20(4)5)21(6)7)28(31)29(25)27(30)22-14-10-9-11-15-22/h8-17,19-21,25-26H,1,18H2,2-7H3/t25-,26-/m0/s1. The van der Waals surface area contributed by atoms with E-state index in [1.54, 1.807) is 30.3 Å². The summed E-state index contributed by atoms with van der Waals surface area (Å²) in [5, 5.41) is 0. The Kier molecular flexibility index (Phi) is 8.15. The fourth-order valence-electron chi connectivity index (χ4n) is 5.46. The number of para-hydroxylation sites is 1. The molecule has 0 N–H and O–H groups in total. The summed E-state index contributed by atoms with van der Waals surface area (Å²) in [4.78, 5) is 28.4. The minimum absolute atomic E-state index is 0.281. The van der Waals surface area contributed by atoms with Crippen molar-refractivity contribution in [1.29, 1.82) is 0 Å². The molecule has 0 aliphatic carbocycles. The van der Waals surface area contributed by atoms with Crippen LogP contribution in [0.3, 0.4) is 0 Å². The molecule has 1 fully saturated rings. The number of ether oxygens (including phenoxy) is 1. The van der Waals surface area contributed by atoms with Gasteiger partial charge in [0.2, 0.25) is 8.32 Å². The zero-order valence-electron chi connectivity index (χ0n) is 21.2. The van der Waals surface area contributed by atoms with Gasteiger partial charge in [-0.1, -0.05) is 90.6 Å². The summed E-state index contributed by atoms with van der Waals surface area (Å²) >= 11 is 0. The van der Waals surface area contributed by atoms with Crippen molar-refractivity contribution in [3.63, 3.8) is 0 Å². The summed E-state index contributed by atoms with van der Waals surface area (Å²) in [5.74, 6) is 0.0290. The van der Waals surface area contributed by atoms with E-state index in [0.717, 1.165) is 5.56 Å². The second-order valence-corrected chi connectivity index (χ2v) is 15.2. The van der Waals surface area contributed by atoms with Crippen molar-refractivity contribution >= 4 is 20.1 Å². The molecule has 2 amide bonds. The molecule has 1 saturated heterocycles. The maximum Gasteiger partial charge on any atom is 0.261 e. The third-order valence-electron chi connectivity index (χ3n) is 6.92. The molecule has 182 valence electrons. The van der Waals surface area contributed by atoms with Crippen LogP contribution in [0, 0.1) is 0 Å². The molecule has 6 heteroatoms. The lowest BCUT2D eigenvalue weighted by Gasteiger charge is -2.52. The molecule has 0 spiro atoms. The molecule has 0 unspecified atom stereocenters. The summed E-state index contributed by atoms with van der Waals surface area (Å²) in [6.45, 7) is 17.2. The molecule has 0 saturated carbocycles. The molecule has 0 aromatic heterocycles. The highest BCUT2D eigenvalue weighted by molar-refractivity contribution is 6.77. The van der Waals surface area contributed by atoms with Crippen molar-refractivity contribution in [2.75, 3.05) is 6.61 Å². The number of amides is 2. The van der Waals surface area contributed by atoms with Gasteiger partial charge in [0.15, 0.2) is 6.10 Å². The molecule has 2 aromatic rings. The van der Waals surface area contributed by atoms with Crippen LogP contribution in [0.25, 0.3) is 0 Å². The van der Waals surface area contributed by atoms with E-state index in [0.29, 0.717) is 34.5 Å². The largest absolute Gasteiger partial charge is 0.489 e. The van der Waals surface area contributed by atoms with Crippen molar-refractivity contribution in [3.8, 4) is 5.75 Å². The molecule has 1 heterocycles. The predicted molar refractivity (Wildman–Crippen MR) is 138 cm³/mol. The van der Waals surface area contributed by atoms with Crippen LogP contribution >= 0.6 is 0 Å². The smallest absolute Gasteiger partial charge is 0.261 e. The number of rotatable bonds is 10. The number of carbonyl (C=O) groups is 2. The summed E-state index contributed by atoms with van der Waals surface area (Å²) in [7, 11) is -2.38. The van der Waals surface area contributed by atoms with E-state index in [1.165, 1.54) is 4.90 Å². The molecular weight excluding hydrogens is 442 g/mol. The van der Waals surface area contributed by atoms with Gasteiger partial charge < -0.3 is 9.16 Å². The molecule has 5 nitrogen and oxygen atoms in total. The lowest BCUT2D eigenvalue weighted by Crippen LogP contribution is -2.66. The number of carbonyl (C=O) groups excluding carboxylic acids is 2. The predicted octanol–water partition coefficient (Wildman–Crippen LogP) is 6.54. The number of benzene rings is 2. The van der Waals surface area contributed by atoms with Crippen LogP contribution in [0.4, 0.5) is 0 Å². The lowest BCUT2D eigenvalue weighted by atomic mass is 9.89. The highest BCUT2D eigenvalue weighted by Crippen LogP contribution is 2.49. The highest BCUT2D eigenvalue weighted by atomic mass is 28.4. The van der Waals surface area contributed by atoms with Crippen LogP contribution < -0.4 is 4.74 Å². The number of imide groups is 1. The van der Waals surface area contributed by atoms with E-state index < -0.39 is 20.5 Å². The van der Waals surface area contributed by atoms with Gasteiger partial charge >= 0.3 is 0 Å². The van der Waals surface area contributed by atoms with Gasteiger partial charge in [0.05, 0.1) is 0 Å². The fourth-order valence-corrected chi connectivity index (χ4v) is 10.9.